The van der Waals surface area contributed by atoms with Crippen LogP contribution in [-0.4, -0.2) is 68.1 Å². The van der Waals surface area contributed by atoms with Crippen molar-refractivity contribution >= 4 is 29.1 Å². The minimum atomic E-state index is -0.385. The van der Waals surface area contributed by atoms with Crippen LogP contribution in [0.3, 0.4) is 0 Å². The molecular weight excluding hydrogens is 545 g/mol. The summed E-state index contributed by atoms with van der Waals surface area (Å²) >= 11 is 6.09. The Balaban J connectivity index is 1.53. The van der Waals surface area contributed by atoms with E-state index in [1.807, 2.05) is 53.4 Å². The van der Waals surface area contributed by atoms with Gasteiger partial charge in [0.25, 0.3) is 5.91 Å². The Morgan fingerprint density at radius 2 is 1.66 bits per heavy atom. The fourth-order valence-electron chi connectivity index (χ4n) is 5.01. The van der Waals surface area contributed by atoms with Crippen LogP contribution in [0, 0.1) is 5.82 Å². The third-order valence-corrected chi connectivity index (χ3v) is 7.28. The van der Waals surface area contributed by atoms with Crippen LogP contribution in [-0.2, 0) is 27.4 Å². The number of rotatable bonds is 8. The lowest BCUT2D eigenvalue weighted by Gasteiger charge is -2.31. The van der Waals surface area contributed by atoms with E-state index in [2.05, 4.69) is 4.90 Å². The largest absolute Gasteiger partial charge is 0.493 e. The van der Waals surface area contributed by atoms with E-state index in [9.17, 15) is 14.0 Å². The van der Waals surface area contributed by atoms with Crippen molar-refractivity contribution in [2.45, 2.75) is 32.4 Å². The molecule has 0 radical (unpaired) electrons. The highest BCUT2D eigenvalue weighted by Gasteiger charge is 2.23. The van der Waals surface area contributed by atoms with Crippen molar-refractivity contribution in [3.05, 3.63) is 94.8 Å². The van der Waals surface area contributed by atoms with E-state index in [1.165, 1.54) is 19.2 Å². The number of amides is 2. The normalized spacial score (nSPS) is 15.0. The summed E-state index contributed by atoms with van der Waals surface area (Å²) in [6.45, 7) is 3.89. The van der Waals surface area contributed by atoms with Crippen molar-refractivity contribution in [3.8, 4) is 5.75 Å². The van der Waals surface area contributed by atoms with Crippen molar-refractivity contribution < 1.29 is 23.5 Å². The van der Waals surface area contributed by atoms with Gasteiger partial charge in [0, 0.05) is 63.2 Å². The zero-order valence-electron chi connectivity index (χ0n) is 23.4. The van der Waals surface area contributed by atoms with E-state index < -0.39 is 0 Å². The van der Waals surface area contributed by atoms with Gasteiger partial charge in [0.05, 0.1) is 13.0 Å². The third-order valence-electron chi connectivity index (χ3n) is 7.02. The number of methoxy groups -OCH3 is 1. The second kappa shape index (κ2) is 15.5. The molecule has 0 saturated heterocycles. The average Bonchev–Trinajstić information content (AvgIpc) is 2.95. The third kappa shape index (κ3) is 9.28. The van der Waals surface area contributed by atoms with E-state index in [-0.39, 0.29) is 37.3 Å². The molecule has 2 amide bonds. The molecule has 3 aromatic rings. The van der Waals surface area contributed by atoms with Crippen molar-refractivity contribution in [2.75, 3.05) is 51.4 Å². The highest BCUT2D eigenvalue weighted by Crippen LogP contribution is 2.24. The number of halogens is 2. The smallest absolute Gasteiger partial charge is 0.252 e. The van der Waals surface area contributed by atoms with Crippen molar-refractivity contribution in [3.63, 3.8) is 0 Å². The van der Waals surface area contributed by atoms with Crippen LogP contribution < -0.4 is 9.64 Å². The van der Waals surface area contributed by atoms with Gasteiger partial charge in [-0.25, -0.2) is 4.39 Å². The van der Waals surface area contributed by atoms with Gasteiger partial charge in [-0.2, -0.15) is 0 Å². The molecule has 0 spiro atoms. The van der Waals surface area contributed by atoms with E-state index >= 15 is 0 Å². The molecule has 3 aromatic carbocycles. The number of fused-ring (bicyclic) bond motifs is 1. The van der Waals surface area contributed by atoms with Crippen LogP contribution in [0.1, 0.15) is 30.4 Å². The number of nitrogens with zero attached hydrogens (tertiary/aromatic N) is 3. The Kier molecular flexibility index (Phi) is 11.5. The summed E-state index contributed by atoms with van der Waals surface area (Å²) in [5.74, 6) is -0.180. The molecule has 1 heterocycles. The molecule has 0 fully saturated rings. The van der Waals surface area contributed by atoms with Crippen LogP contribution in [0.25, 0.3) is 0 Å². The molecule has 41 heavy (non-hydrogen) atoms. The first-order valence-corrected chi connectivity index (χ1v) is 14.3. The van der Waals surface area contributed by atoms with Gasteiger partial charge in [-0.1, -0.05) is 48.0 Å². The zero-order chi connectivity index (χ0) is 29.0. The van der Waals surface area contributed by atoms with Crippen LogP contribution >= 0.6 is 11.6 Å². The lowest BCUT2D eigenvalue weighted by Crippen LogP contribution is -2.40. The summed E-state index contributed by atoms with van der Waals surface area (Å²) in [5.41, 5.74) is 2.84. The van der Waals surface area contributed by atoms with E-state index in [0.29, 0.717) is 30.4 Å². The highest BCUT2D eigenvalue weighted by atomic mass is 35.5. The number of carbonyl (C=O) groups excluding carboxylic acids is 2. The predicted octanol–water partition coefficient (Wildman–Crippen LogP) is 5.55. The van der Waals surface area contributed by atoms with Crippen molar-refractivity contribution in [1.29, 1.82) is 0 Å². The van der Waals surface area contributed by atoms with E-state index in [1.54, 1.807) is 17.0 Å². The van der Waals surface area contributed by atoms with Crippen molar-refractivity contribution in [1.82, 2.24) is 9.80 Å². The van der Waals surface area contributed by atoms with E-state index in [0.717, 1.165) is 49.3 Å². The number of carbonyl (C=O) groups is 2. The maximum Gasteiger partial charge on any atom is 0.252 e. The molecule has 218 valence electrons. The van der Waals surface area contributed by atoms with Gasteiger partial charge >= 0.3 is 0 Å². The molecule has 9 heteroatoms. The lowest BCUT2D eigenvalue weighted by molar-refractivity contribution is -0.132. The Morgan fingerprint density at radius 3 is 2.41 bits per heavy atom. The van der Waals surface area contributed by atoms with Crippen molar-refractivity contribution in [2.24, 2.45) is 0 Å². The Hall–Kier alpha value is -3.46. The van der Waals surface area contributed by atoms with Crippen LogP contribution in [0.2, 0.25) is 5.02 Å². The molecule has 1 aliphatic rings. The van der Waals surface area contributed by atoms with Crippen LogP contribution in [0.4, 0.5) is 10.1 Å². The number of para-hydroxylation sites is 1. The summed E-state index contributed by atoms with van der Waals surface area (Å²) < 4.78 is 24.4. The summed E-state index contributed by atoms with van der Waals surface area (Å²) in [6.07, 6.45) is 1.73. The molecule has 4 rings (SSSR count). The number of hydrogen-bond acceptors (Lipinski definition) is 5. The predicted molar refractivity (Wildman–Crippen MR) is 159 cm³/mol. The monoisotopic (exact) mass is 581 g/mol. The van der Waals surface area contributed by atoms with Gasteiger partial charge in [0.1, 0.15) is 18.2 Å². The van der Waals surface area contributed by atoms with Crippen LogP contribution in [0.5, 0.6) is 5.75 Å². The topological polar surface area (TPSA) is 62.3 Å². The highest BCUT2D eigenvalue weighted by molar-refractivity contribution is 6.30. The molecule has 0 aromatic heterocycles. The van der Waals surface area contributed by atoms with Gasteiger partial charge in [0.2, 0.25) is 5.91 Å². The maximum atomic E-state index is 13.5. The first kappa shape index (κ1) is 30.5. The fraction of sp³-hybridized carbons (Fsp3) is 0.375. The Bertz CT molecular complexity index is 1290. The fourth-order valence-corrected chi connectivity index (χ4v) is 5.14. The first-order chi connectivity index (χ1) is 19.9. The Morgan fingerprint density at radius 1 is 0.902 bits per heavy atom. The number of benzene rings is 3. The summed E-state index contributed by atoms with van der Waals surface area (Å²) in [4.78, 5) is 32.6. The molecule has 0 atom stereocenters. The quantitative estimate of drug-likeness (QED) is 0.349. The van der Waals surface area contributed by atoms with Gasteiger partial charge in [-0.05, 0) is 54.3 Å². The molecule has 0 N–H and O–H groups in total. The van der Waals surface area contributed by atoms with Gasteiger partial charge in [0.15, 0.2) is 0 Å². The summed E-state index contributed by atoms with van der Waals surface area (Å²) in [6, 6.07) is 21.4. The minimum absolute atomic E-state index is 0.0249. The average molecular weight is 582 g/mol. The van der Waals surface area contributed by atoms with Crippen LogP contribution in [0.15, 0.2) is 72.8 Å². The zero-order valence-corrected chi connectivity index (χ0v) is 24.2. The second-order valence-corrected chi connectivity index (χ2v) is 10.5. The number of ether oxygens (including phenoxy) is 2. The summed E-state index contributed by atoms with van der Waals surface area (Å²) in [5, 5.41) is 0.698. The summed E-state index contributed by atoms with van der Waals surface area (Å²) in [7, 11) is 1.51. The lowest BCUT2D eigenvalue weighted by atomic mass is 10.1. The first-order valence-electron chi connectivity index (χ1n) is 13.9. The molecular formula is C32H37ClFN3O4. The molecule has 1 aliphatic heterocycles. The van der Waals surface area contributed by atoms with E-state index in [4.69, 9.17) is 21.1 Å². The second-order valence-electron chi connectivity index (χ2n) is 10.1. The molecule has 0 bridgehead atoms. The SMILES string of the molecule is COCC(=O)N1CCCN(Cc2ccc(Cl)cc2)CCCN(C(=O)CCOc2cccc(F)c2)Cc2ccccc21. The molecule has 0 saturated carbocycles. The number of hydrogen-bond donors (Lipinski definition) is 0. The van der Waals surface area contributed by atoms with Gasteiger partial charge < -0.3 is 19.3 Å². The van der Waals surface area contributed by atoms with Gasteiger partial charge in [-0.15, -0.1) is 0 Å². The standard InChI is InChI=1S/C32H37ClFN3O4/c1-40-24-32(39)37-19-6-17-35(22-25-11-13-27(33)14-12-25)16-5-18-36(23-26-7-2-3-10-30(26)37)31(38)15-20-41-29-9-4-8-28(34)21-29/h2-4,7-14,21H,5-6,15-20,22-24H2,1H3. The number of anilines is 1. The van der Waals surface area contributed by atoms with Gasteiger partial charge in [-0.3, -0.25) is 14.5 Å². The molecule has 7 nitrogen and oxygen atoms in total. The molecule has 0 unspecified atom stereocenters. The minimum Gasteiger partial charge on any atom is -0.493 e. The maximum absolute atomic E-state index is 13.5. The Labute approximate surface area is 246 Å². The molecule has 0 aliphatic carbocycles.